The normalized spacial score (nSPS) is 15.2. The van der Waals surface area contributed by atoms with Crippen LogP contribution in [0, 0.1) is 15.2 Å². The van der Waals surface area contributed by atoms with Crippen molar-refractivity contribution in [3.63, 3.8) is 0 Å². The number of hydrogen-bond donors (Lipinski definition) is 3. The molecule has 1 fully saturated rings. The van der Waals surface area contributed by atoms with Crippen LogP contribution in [0.3, 0.4) is 0 Å². The number of nitrogen functional groups attached to an aromatic ring is 1. The van der Waals surface area contributed by atoms with E-state index in [4.69, 9.17) is 10.7 Å². The molecule has 34 heavy (non-hydrogen) atoms. The number of anilines is 1. The number of aliphatic hydroxyl groups is 1. The molecule has 4 N–H and O–H groups in total. The van der Waals surface area contributed by atoms with E-state index in [1.54, 1.807) is 24.4 Å². The van der Waals surface area contributed by atoms with Gasteiger partial charge in [0.15, 0.2) is 0 Å². The van der Waals surface area contributed by atoms with Crippen LogP contribution < -0.4 is 11.1 Å². The maximum absolute atomic E-state index is 15.1. The zero-order valence-electron chi connectivity index (χ0n) is 18.7. The summed E-state index contributed by atoms with van der Waals surface area (Å²) in [6, 6.07) is 8.54. The van der Waals surface area contributed by atoms with Crippen LogP contribution >= 0.6 is 22.6 Å². The summed E-state index contributed by atoms with van der Waals surface area (Å²) in [5.41, 5.74) is 9.05. The number of nitrogens with zero attached hydrogens (tertiary/aromatic N) is 2. The molecule has 0 amide bonds. The lowest BCUT2D eigenvalue weighted by Gasteiger charge is -2.22. The van der Waals surface area contributed by atoms with Gasteiger partial charge in [-0.3, -0.25) is 0 Å². The van der Waals surface area contributed by atoms with E-state index in [1.807, 2.05) is 22.6 Å². The fourth-order valence-corrected chi connectivity index (χ4v) is 5.08. The Balaban J connectivity index is 1.56. The summed E-state index contributed by atoms with van der Waals surface area (Å²) < 4.78 is 29.7. The molecule has 1 aliphatic rings. The van der Waals surface area contributed by atoms with Crippen molar-refractivity contribution in [3.8, 4) is 11.3 Å². The molecule has 1 saturated carbocycles. The average molecular weight is 576 g/mol. The smallest absolute Gasteiger partial charge is 0.150 e. The SMILES string of the molecule is C=C(N[C@H](CO)c1cc(F)cc(I)c1)c1ccc(-c2nc(C3CCCCC3)cnc2N)cc1F. The first kappa shape index (κ1) is 24.5. The van der Waals surface area contributed by atoms with Gasteiger partial charge < -0.3 is 16.2 Å². The van der Waals surface area contributed by atoms with Crippen molar-refractivity contribution in [2.75, 3.05) is 12.3 Å². The van der Waals surface area contributed by atoms with Gasteiger partial charge in [-0.1, -0.05) is 31.9 Å². The molecule has 8 heteroatoms. The minimum atomic E-state index is -0.635. The summed E-state index contributed by atoms with van der Waals surface area (Å²) in [5, 5.41) is 12.8. The third-order valence-corrected chi connectivity index (χ3v) is 6.85. The minimum absolute atomic E-state index is 0.239. The van der Waals surface area contributed by atoms with Gasteiger partial charge in [-0.2, -0.15) is 0 Å². The summed E-state index contributed by atoms with van der Waals surface area (Å²) in [7, 11) is 0. The monoisotopic (exact) mass is 576 g/mol. The number of benzene rings is 2. The molecule has 0 spiro atoms. The molecule has 4 rings (SSSR count). The predicted molar refractivity (Wildman–Crippen MR) is 139 cm³/mol. The summed E-state index contributed by atoms with van der Waals surface area (Å²) in [6.07, 6.45) is 7.47. The molecule has 5 nitrogen and oxygen atoms in total. The second-order valence-electron chi connectivity index (χ2n) is 8.62. The van der Waals surface area contributed by atoms with Crippen LogP contribution in [0.1, 0.15) is 60.9 Å². The van der Waals surface area contributed by atoms with Crippen LogP contribution in [0.2, 0.25) is 0 Å². The molecular weight excluding hydrogens is 549 g/mol. The van der Waals surface area contributed by atoms with Crippen molar-refractivity contribution in [2.45, 2.75) is 44.1 Å². The van der Waals surface area contributed by atoms with Gasteiger partial charge in [0.05, 0.1) is 24.5 Å². The van der Waals surface area contributed by atoms with Crippen LogP contribution in [0.25, 0.3) is 17.0 Å². The number of halogens is 3. The lowest BCUT2D eigenvalue weighted by Crippen LogP contribution is -2.23. The minimum Gasteiger partial charge on any atom is -0.394 e. The van der Waals surface area contributed by atoms with Crippen molar-refractivity contribution in [1.82, 2.24) is 15.3 Å². The van der Waals surface area contributed by atoms with Gasteiger partial charge in [-0.25, -0.2) is 18.7 Å². The van der Waals surface area contributed by atoms with Gasteiger partial charge in [-0.05, 0) is 71.3 Å². The summed E-state index contributed by atoms with van der Waals surface area (Å²) in [5.74, 6) is -0.304. The Kier molecular flexibility index (Phi) is 7.77. The van der Waals surface area contributed by atoms with E-state index < -0.39 is 17.7 Å². The third-order valence-electron chi connectivity index (χ3n) is 6.23. The van der Waals surface area contributed by atoms with Crippen molar-refractivity contribution >= 4 is 34.1 Å². The summed E-state index contributed by atoms with van der Waals surface area (Å²) >= 11 is 2.01. The zero-order valence-corrected chi connectivity index (χ0v) is 20.9. The number of nitrogens with two attached hydrogens (primary N) is 1. The van der Waals surface area contributed by atoms with Gasteiger partial charge in [0.1, 0.15) is 23.1 Å². The van der Waals surface area contributed by atoms with E-state index in [0.29, 0.717) is 26.3 Å². The van der Waals surface area contributed by atoms with E-state index in [0.717, 1.165) is 18.5 Å². The molecule has 0 unspecified atom stereocenters. The molecule has 0 saturated heterocycles. The average Bonchev–Trinajstić information content (AvgIpc) is 2.82. The van der Waals surface area contributed by atoms with Crippen LogP contribution in [-0.4, -0.2) is 21.7 Å². The van der Waals surface area contributed by atoms with Crippen LogP contribution in [0.15, 0.2) is 49.2 Å². The fourth-order valence-electron chi connectivity index (χ4n) is 4.43. The van der Waals surface area contributed by atoms with Gasteiger partial charge in [-0.15, -0.1) is 0 Å². The molecule has 1 aliphatic carbocycles. The molecule has 0 bridgehead atoms. The van der Waals surface area contributed by atoms with Gasteiger partial charge in [0.2, 0.25) is 0 Å². The number of aliphatic hydroxyl groups excluding tert-OH is 1. The Morgan fingerprint density at radius 2 is 1.94 bits per heavy atom. The summed E-state index contributed by atoms with van der Waals surface area (Å²) in [6.45, 7) is 3.62. The van der Waals surface area contributed by atoms with E-state index >= 15 is 4.39 Å². The molecular formula is C26H27F2IN4O. The molecule has 0 radical (unpaired) electrons. The fraction of sp³-hybridized carbons (Fsp3) is 0.308. The third kappa shape index (κ3) is 5.55. The molecule has 1 heterocycles. The number of nitrogens with one attached hydrogen (secondary N) is 1. The van der Waals surface area contributed by atoms with E-state index in [9.17, 15) is 9.50 Å². The zero-order chi connectivity index (χ0) is 24.2. The molecule has 0 aliphatic heterocycles. The Hall–Kier alpha value is -2.59. The van der Waals surface area contributed by atoms with Crippen LogP contribution in [-0.2, 0) is 0 Å². The topological polar surface area (TPSA) is 84.1 Å². The first-order valence-corrected chi connectivity index (χ1v) is 12.4. The van der Waals surface area contributed by atoms with Crippen molar-refractivity contribution in [3.05, 3.63) is 81.2 Å². The van der Waals surface area contributed by atoms with E-state index in [1.165, 1.54) is 37.5 Å². The molecule has 3 aromatic rings. The highest BCUT2D eigenvalue weighted by Crippen LogP contribution is 2.34. The lowest BCUT2D eigenvalue weighted by atomic mass is 9.87. The largest absolute Gasteiger partial charge is 0.394 e. The van der Waals surface area contributed by atoms with Crippen LogP contribution in [0.4, 0.5) is 14.6 Å². The highest BCUT2D eigenvalue weighted by atomic mass is 127. The number of rotatable bonds is 7. The maximum atomic E-state index is 15.1. The highest BCUT2D eigenvalue weighted by molar-refractivity contribution is 14.1. The van der Waals surface area contributed by atoms with Gasteiger partial charge in [0.25, 0.3) is 0 Å². The Morgan fingerprint density at radius 3 is 2.62 bits per heavy atom. The highest BCUT2D eigenvalue weighted by Gasteiger charge is 2.20. The number of hydrogen-bond acceptors (Lipinski definition) is 5. The van der Waals surface area contributed by atoms with Crippen molar-refractivity contribution in [1.29, 1.82) is 0 Å². The van der Waals surface area contributed by atoms with E-state index in [-0.39, 0.29) is 23.7 Å². The van der Waals surface area contributed by atoms with E-state index in [2.05, 4.69) is 16.9 Å². The van der Waals surface area contributed by atoms with Gasteiger partial charge >= 0.3 is 0 Å². The Morgan fingerprint density at radius 1 is 1.18 bits per heavy atom. The molecule has 178 valence electrons. The van der Waals surface area contributed by atoms with Crippen molar-refractivity contribution in [2.24, 2.45) is 0 Å². The standard InChI is InChI=1S/C26H27F2IN4O/c1-15(32-24(14-34)18-9-19(27)12-20(29)10-18)21-8-7-17(11-22(21)28)25-26(30)31-13-23(33-25)16-5-3-2-4-6-16/h7-13,16,24,32,34H,1-6,14H2,(H2,30,31)/t24-/m1/s1. The quantitative estimate of drug-likeness (QED) is 0.303. The Labute approximate surface area is 211 Å². The predicted octanol–water partition coefficient (Wildman–Crippen LogP) is 5.95. The van der Waals surface area contributed by atoms with Crippen LogP contribution in [0.5, 0.6) is 0 Å². The molecule has 2 aromatic carbocycles. The number of aromatic nitrogens is 2. The molecule has 1 aromatic heterocycles. The first-order valence-electron chi connectivity index (χ1n) is 11.3. The van der Waals surface area contributed by atoms with Crippen molar-refractivity contribution < 1.29 is 13.9 Å². The second-order valence-corrected chi connectivity index (χ2v) is 9.86. The van der Waals surface area contributed by atoms with Gasteiger partial charge in [0, 0.05) is 26.3 Å². The maximum Gasteiger partial charge on any atom is 0.150 e. The lowest BCUT2D eigenvalue weighted by molar-refractivity contribution is 0.256. The Bertz CT molecular complexity index is 1180. The first-order chi connectivity index (χ1) is 16.4. The molecule has 1 atom stereocenters. The second kappa shape index (κ2) is 10.8. The summed E-state index contributed by atoms with van der Waals surface area (Å²) in [4.78, 5) is 9.06.